The molecule has 22 heavy (non-hydrogen) atoms. The second kappa shape index (κ2) is 6.09. The minimum absolute atomic E-state index is 0.0435. The summed E-state index contributed by atoms with van der Waals surface area (Å²) in [4.78, 5) is 26.2. The molecular formula is C16H17N3O3. The van der Waals surface area contributed by atoms with Crippen molar-refractivity contribution in [2.45, 2.75) is 25.9 Å². The zero-order valence-corrected chi connectivity index (χ0v) is 12.3. The van der Waals surface area contributed by atoms with Crippen LogP contribution in [0.25, 0.3) is 10.8 Å². The van der Waals surface area contributed by atoms with Crippen LogP contribution in [0.5, 0.6) is 5.75 Å². The lowest BCUT2D eigenvalue weighted by molar-refractivity contribution is -0.117. The molecule has 2 aromatic rings. The second-order valence-electron chi connectivity index (χ2n) is 5.58. The first-order chi connectivity index (χ1) is 10.7. The third-order valence-electron chi connectivity index (χ3n) is 3.56. The minimum atomic E-state index is -0.264. The Morgan fingerprint density at radius 2 is 2.23 bits per heavy atom. The largest absolute Gasteiger partial charge is 0.489 e. The number of nitrogens with one attached hydrogen (secondary N) is 1. The predicted octanol–water partition coefficient (Wildman–Crippen LogP) is 3.12. The number of fused-ring (bicyclic) bond motifs is 1. The predicted molar refractivity (Wildman–Crippen MR) is 83.8 cm³/mol. The lowest BCUT2D eigenvalue weighted by Gasteiger charge is -2.12. The van der Waals surface area contributed by atoms with Crippen molar-refractivity contribution in [3.63, 3.8) is 0 Å². The summed E-state index contributed by atoms with van der Waals surface area (Å²) in [5.74, 6) is 1.43. The quantitative estimate of drug-likeness (QED) is 0.831. The molecule has 3 rings (SSSR count). The number of aromatic nitrogens is 1. The first kappa shape index (κ1) is 14.4. The normalized spacial score (nSPS) is 15.3. The number of rotatable bonds is 6. The Morgan fingerprint density at radius 3 is 2.95 bits per heavy atom. The highest BCUT2D eigenvalue weighted by Crippen LogP contribution is 2.30. The van der Waals surface area contributed by atoms with Crippen molar-refractivity contribution < 1.29 is 9.53 Å². The summed E-state index contributed by atoms with van der Waals surface area (Å²) < 4.78 is 5.61. The van der Waals surface area contributed by atoms with Crippen LogP contribution in [0, 0.1) is 10.8 Å². The molecule has 0 aliphatic heterocycles. The van der Waals surface area contributed by atoms with Crippen LogP contribution in [0.4, 0.5) is 5.82 Å². The summed E-state index contributed by atoms with van der Waals surface area (Å²) in [6, 6.07) is 7.43. The highest BCUT2D eigenvalue weighted by molar-refractivity contribution is 5.95. The fourth-order valence-corrected chi connectivity index (χ4v) is 2.21. The van der Waals surface area contributed by atoms with Crippen molar-refractivity contribution in [1.29, 1.82) is 0 Å². The fourth-order valence-electron chi connectivity index (χ4n) is 2.21. The molecular weight excluding hydrogens is 282 g/mol. The molecule has 1 N–H and O–H groups in total. The van der Waals surface area contributed by atoms with Gasteiger partial charge in [0.2, 0.25) is 5.91 Å². The molecule has 6 nitrogen and oxygen atoms in total. The number of nitrogens with zero attached hydrogens (tertiary/aromatic N) is 2. The van der Waals surface area contributed by atoms with Gasteiger partial charge in [-0.2, -0.15) is 4.91 Å². The maximum absolute atomic E-state index is 11.7. The van der Waals surface area contributed by atoms with E-state index in [1.165, 1.54) is 0 Å². The van der Waals surface area contributed by atoms with Crippen LogP contribution in [0.2, 0.25) is 0 Å². The maximum Gasteiger partial charge on any atom is 0.228 e. The zero-order valence-electron chi connectivity index (χ0n) is 12.3. The first-order valence-corrected chi connectivity index (χ1v) is 7.32. The molecule has 1 amide bonds. The topological polar surface area (TPSA) is 80.6 Å². The zero-order chi connectivity index (χ0) is 15.5. The molecule has 1 aliphatic carbocycles. The number of amides is 1. The third-order valence-corrected chi connectivity index (χ3v) is 3.56. The van der Waals surface area contributed by atoms with Crippen molar-refractivity contribution in [1.82, 2.24) is 4.98 Å². The van der Waals surface area contributed by atoms with Crippen LogP contribution in [0.15, 0.2) is 35.6 Å². The van der Waals surface area contributed by atoms with Crippen molar-refractivity contribution in [3.05, 3.63) is 35.4 Å². The van der Waals surface area contributed by atoms with Crippen LogP contribution in [-0.4, -0.2) is 23.5 Å². The molecule has 0 spiro atoms. The molecule has 6 heteroatoms. The van der Waals surface area contributed by atoms with E-state index < -0.39 is 0 Å². The Hall–Kier alpha value is -2.50. The minimum Gasteiger partial charge on any atom is -0.489 e. The Balaban J connectivity index is 1.75. The van der Waals surface area contributed by atoms with E-state index in [0.29, 0.717) is 11.6 Å². The van der Waals surface area contributed by atoms with Gasteiger partial charge in [0.05, 0.1) is 0 Å². The summed E-state index contributed by atoms with van der Waals surface area (Å²) in [7, 11) is 0. The number of carbonyl (C=O) groups excluding carboxylic acids is 1. The van der Waals surface area contributed by atoms with Crippen LogP contribution in [0.3, 0.4) is 0 Å². The standard InChI is InChI=1S/C16H17N3O3/c1-10(8-18-21)22-14-5-4-12-7-15(17-9-13(12)6-14)19-16(20)11-2-3-11/h4-7,9-11H,2-3,8H2,1H3,(H,17,19,20)/t10-/m1/s1. The molecule has 114 valence electrons. The van der Waals surface area contributed by atoms with Crippen molar-refractivity contribution >= 4 is 22.5 Å². The van der Waals surface area contributed by atoms with Gasteiger partial charge in [-0.1, -0.05) is 11.2 Å². The average molecular weight is 299 g/mol. The van der Waals surface area contributed by atoms with E-state index in [0.717, 1.165) is 23.6 Å². The highest BCUT2D eigenvalue weighted by atomic mass is 16.5. The fraction of sp³-hybridized carbons (Fsp3) is 0.375. The molecule has 1 saturated carbocycles. The van der Waals surface area contributed by atoms with Crippen LogP contribution in [-0.2, 0) is 4.79 Å². The van der Waals surface area contributed by atoms with Gasteiger partial charge >= 0.3 is 0 Å². The van der Waals surface area contributed by atoms with E-state index in [9.17, 15) is 9.70 Å². The van der Waals surface area contributed by atoms with Crippen LogP contribution < -0.4 is 10.1 Å². The number of hydrogen-bond donors (Lipinski definition) is 1. The van der Waals surface area contributed by atoms with Gasteiger partial charge in [-0.05, 0) is 43.4 Å². The van der Waals surface area contributed by atoms with Gasteiger partial charge in [-0.3, -0.25) is 4.79 Å². The molecule has 1 aliphatic rings. The molecule has 1 aromatic carbocycles. The summed E-state index contributed by atoms with van der Waals surface area (Å²) in [6.45, 7) is 1.91. The van der Waals surface area contributed by atoms with E-state index >= 15 is 0 Å². The number of carbonyl (C=O) groups is 1. The number of benzene rings is 1. The summed E-state index contributed by atoms with van der Waals surface area (Å²) in [6.07, 6.45) is 3.37. The SMILES string of the molecule is C[C@H](CN=O)Oc1ccc2cc(NC(=O)C3CC3)ncc2c1. The molecule has 1 aromatic heterocycles. The van der Waals surface area contributed by atoms with Crippen molar-refractivity contribution in [2.24, 2.45) is 11.1 Å². The monoisotopic (exact) mass is 299 g/mol. The van der Waals surface area contributed by atoms with Gasteiger partial charge < -0.3 is 10.1 Å². The third kappa shape index (κ3) is 3.39. The molecule has 1 heterocycles. The maximum atomic E-state index is 11.7. The Kier molecular flexibility index (Phi) is 4.00. The van der Waals surface area contributed by atoms with E-state index in [4.69, 9.17) is 4.74 Å². The van der Waals surface area contributed by atoms with E-state index in [-0.39, 0.29) is 24.5 Å². The van der Waals surface area contributed by atoms with Gasteiger partial charge in [-0.15, -0.1) is 0 Å². The van der Waals surface area contributed by atoms with E-state index in [1.807, 2.05) is 24.3 Å². The Morgan fingerprint density at radius 1 is 1.41 bits per heavy atom. The van der Waals surface area contributed by atoms with Crippen LogP contribution >= 0.6 is 0 Å². The lowest BCUT2D eigenvalue weighted by atomic mass is 10.1. The van der Waals surface area contributed by atoms with Gasteiger partial charge in [0, 0.05) is 17.5 Å². The van der Waals surface area contributed by atoms with E-state index in [2.05, 4.69) is 15.5 Å². The molecule has 0 bridgehead atoms. The Bertz CT molecular complexity index is 713. The molecule has 0 radical (unpaired) electrons. The smallest absolute Gasteiger partial charge is 0.228 e. The summed E-state index contributed by atoms with van der Waals surface area (Å²) in [5.41, 5.74) is 0. The number of ether oxygens (including phenoxy) is 1. The molecule has 1 atom stereocenters. The van der Waals surface area contributed by atoms with Crippen molar-refractivity contribution in [3.8, 4) is 5.75 Å². The number of pyridine rings is 1. The van der Waals surface area contributed by atoms with Crippen molar-refractivity contribution in [2.75, 3.05) is 11.9 Å². The highest BCUT2D eigenvalue weighted by Gasteiger charge is 2.29. The van der Waals surface area contributed by atoms with Gasteiger partial charge in [0.1, 0.15) is 24.2 Å². The van der Waals surface area contributed by atoms with Gasteiger partial charge in [-0.25, -0.2) is 4.98 Å². The molecule has 0 saturated heterocycles. The van der Waals surface area contributed by atoms with Gasteiger partial charge in [0.25, 0.3) is 0 Å². The summed E-state index contributed by atoms with van der Waals surface area (Å²) in [5, 5.41) is 7.53. The first-order valence-electron chi connectivity index (χ1n) is 7.32. The number of hydrogen-bond acceptors (Lipinski definition) is 5. The molecule has 0 unspecified atom stereocenters. The van der Waals surface area contributed by atoms with E-state index in [1.54, 1.807) is 13.1 Å². The van der Waals surface area contributed by atoms with Gasteiger partial charge in [0.15, 0.2) is 0 Å². The average Bonchev–Trinajstić information content (AvgIpc) is 3.32. The lowest BCUT2D eigenvalue weighted by Crippen LogP contribution is -2.15. The number of anilines is 1. The second-order valence-corrected chi connectivity index (χ2v) is 5.58. The summed E-state index contributed by atoms with van der Waals surface area (Å²) >= 11 is 0. The van der Waals surface area contributed by atoms with Crippen LogP contribution in [0.1, 0.15) is 19.8 Å². The Labute approximate surface area is 127 Å². The molecule has 1 fully saturated rings. The number of nitroso groups, excluding NO2 is 1.